The molecule has 0 radical (unpaired) electrons. The number of carbonyl (C=O) groups is 2. The van der Waals surface area contributed by atoms with Gasteiger partial charge in [-0.3, -0.25) is 9.59 Å². The third-order valence-electron chi connectivity index (χ3n) is 4.26. The Morgan fingerprint density at radius 3 is 2.00 bits per heavy atom. The first-order chi connectivity index (χ1) is 8.79. The van der Waals surface area contributed by atoms with Gasteiger partial charge in [-0.25, -0.2) is 0 Å². The van der Waals surface area contributed by atoms with Gasteiger partial charge in [0.05, 0.1) is 5.92 Å². The highest BCUT2D eigenvalue weighted by molar-refractivity contribution is 5.81. The summed E-state index contributed by atoms with van der Waals surface area (Å²) in [7, 11) is 0. The normalized spacial score (nSPS) is 28.9. The van der Waals surface area contributed by atoms with E-state index < -0.39 is 18.1 Å². The lowest BCUT2D eigenvalue weighted by atomic mass is 9.66. The van der Waals surface area contributed by atoms with E-state index in [1.807, 2.05) is 0 Å². The van der Waals surface area contributed by atoms with Crippen LogP contribution in [0.25, 0.3) is 0 Å². The second-order valence-corrected chi connectivity index (χ2v) is 5.39. The lowest BCUT2D eigenvalue weighted by molar-refractivity contribution is -0.187. The van der Waals surface area contributed by atoms with E-state index >= 15 is 0 Å². The number of carbonyl (C=O) groups excluding carboxylic acids is 1. The van der Waals surface area contributed by atoms with Gasteiger partial charge in [0.15, 0.2) is 0 Å². The largest absolute Gasteiger partial charge is 0.481 e. The van der Waals surface area contributed by atoms with Gasteiger partial charge >= 0.3 is 18.1 Å². The van der Waals surface area contributed by atoms with Crippen molar-refractivity contribution in [2.75, 3.05) is 13.1 Å². The number of likely N-dealkylation sites (tertiary alicyclic amines) is 1. The van der Waals surface area contributed by atoms with E-state index in [0.29, 0.717) is 31.6 Å². The number of carboxylic acid groups (broad SMARTS) is 1. The highest BCUT2D eigenvalue weighted by atomic mass is 19.4. The van der Waals surface area contributed by atoms with Crippen molar-refractivity contribution >= 4 is 11.9 Å². The summed E-state index contributed by atoms with van der Waals surface area (Å²) in [6.45, 7) is 0.245. The number of amides is 1. The molecule has 0 aromatic carbocycles. The first-order valence-corrected chi connectivity index (χ1v) is 6.38. The molecule has 0 aromatic rings. The van der Waals surface area contributed by atoms with Crippen molar-refractivity contribution in [3.8, 4) is 0 Å². The molecule has 1 saturated heterocycles. The Morgan fingerprint density at radius 1 is 1.05 bits per heavy atom. The summed E-state index contributed by atoms with van der Waals surface area (Å²) in [4.78, 5) is 22.6. The summed E-state index contributed by atoms with van der Waals surface area (Å²) in [5.74, 6) is -2.29. The molecule has 4 nitrogen and oxygen atoms in total. The number of piperidine rings is 1. The molecule has 19 heavy (non-hydrogen) atoms. The Morgan fingerprint density at radius 2 is 1.58 bits per heavy atom. The molecule has 1 heterocycles. The summed E-state index contributed by atoms with van der Waals surface area (Å²) < 4.78 is 36.8. The highest BCUT2D eigenvalue weighted by Gasteiger charge is 2.45. The van der Waals surface area contributed by atoms with Gasteiger partial charge in [-0.1, -0.05) is 0 Å². The van der Waals surface area contributed by atoms with Crippen LogP contribution in [0.2, 0.25) is 0 Å². The Kier molecular flexibility index (Phi) is 3.73. The van der Waals surface area contributed by atoms with E-state index in [9.17, 15) is 22.8 Å². The van der Waals surface area contributed by atoms with E-state index in [1.54, 1.807) is 0 Å². The van der Waals surface area contributed by atoms with Crippen LogP contribution >= 0.6 is 0 Å². The molecule has 1 amide bonds. The first-order valence-electron chi connectivity index (χ1n) is 6.38. The third-order valence-corrected chi connectivity index (χ3v) is 4.26. The summed E-state index contributed by atoms with van der Waals surface area (Å²) in [5.41, 5.74) is 0. The van der Waals surface area contributed by atoms with Crippen LogP contribution in [-0.4, -0.2) is 41.1 Å². The monoisotopic (exact) mass is 279 g/mol. The number of carboxylic acids is 1. The van der Waals surface area contributed by atoms with Gasteiger partial charge in [0.25, 0.3) is 0 Å². The molecule has 108 valence electrons. The highest BCUT2D eigenvalue weighted by Crippen LogP contribution is 2.43. The van der Waals surface area contributed by atoms with Gasteiger partial charge < -0.3 is 10.0 Å². The number of hydrogen-bond donors (Lipinski definition) is 1. The quantitative estimate of drug-likeness (QED) is 0.840. The number of nitrogens with zero attached hydrogens (tertiary/aromatic N) is 1. The number of aliphatic carboxylic acids is 1. The van der Waals surface area contributed by atoms with Crippen LogP contribution in [0.4, 0.5) is 13.2 Å². The number of hydrogen-bond acceptors (Lipinski definition) is 2. The minimum atomic E-state index is -4.79. The maximum absolute atomic E-state index is 12.3. The molecule has 1 aliphatic carbocycles. The molecule has 7 heteroatoms. The van der Waals surface area contributed by atoms with E-state index in [2.05, 4.69) is 0 Å². The number of halogens is 3. The molecular weight excluding hydrogens is 263 g/mol. The summed E-state index contributed by atoms with van der Waals surface area (Å²) >= 11 is 0. The molecule has 0 bridgehead atoms. The predicted molar refractivity (Wildman–Crippen MR) is 59.2 cm³/mol. The zero-order valence-corrected chi connectivity index (χ0v) is 10.3. The fraction of sp³-hybridized carbons (Fsp3) is 0.833. The van der Waals surface area contributed by atoms with Crippen molar-refractivity contribution in [1.29, 1.82) is 0 Å². The molecule has 0 unspecified atom stereocenters. The molecule has 1 saturated carbocycles. The number of rotatable bonds is 2. The molecule has 0 atom stereocenters. The van der Waals surface area contributed by atoms with Crippen LogP contribution < -0.4 is 0 Å². The Labute approximate surface area is 108 Å². The van der Waals surface area contributed by atoms with Crippen molar-refractivity contribution in [3.63, 3.8) is 0 Å². The van der Waals surface area contributed by atoms with Gasteiger partial charge in [0.1, 0.15) is 0 Å². The molecule has 2 rings (SSSR count). The Balaban J connectivity index is 1.78. The molecule has 0 aromatic heterocycles. The molecule has 1 aliphatic heterocycles. The van der Waals surface area contributed by atoms with E-state index in [1.165, 1.54) is 0 Å². The molecule has 2 fully saturated rings. The van der Waals surface area contributed by atoms with Crippen LogP contribution in [0.3, 0.4) is 0 Å². The van der Waals surface area contributed by atoms with Gasteiger partial charge in [0.2, 0.25) is 0 Å². The Hall–Kier alpha value is -1.27. The first kappa shape index (κ1) is 14.1. The van der Waals surface area contributed by atoms with Crippen molar-refractivity contribution in [2.45, 2.75) is 31.9 Å². The lowest BCUT2D eigenvalue weighted by Crippen LogP contribution is -2.47. The van der Waals surface area contributed by atoms with Crippen LogP contribution in [0.1, 0.15) is 25.7 Å². The fourth-order valence-corrected chi connectivity index (χ4v) is 3.00. The summed E-state index contributed by atoms with van der Waals surface area (Å²) in [6, 6.07) is 0. The van der Waals surface area contributed by atoms with Crippen LogP contribution in [0, 0.1) is 17.8 Å². The number of alkyl halides is 3. The van der Waals surface area contributed by atoms with Crippen molar-refractivity contribution < 1.29 is 27.9 Å². The standard InChI is InChI=1S/C12H16F3NO3/c13-12(14,15)11(19)16-3-1-7(2-4-16)8-5-9(6-8)10(17)18/h7-9H,1-6H2,(H,17,18). The van der Waals surface area contributed by atoms with Crippen molar-refractivity contribution in [3.05, 3.63) is 0 Å². The second-order valence-electron chi connectivity index (χ2n) is 5.39. The van der Waals surface area contributed by atoms with Gasteiger partial charge in [-0.05, 0) is 37.5 Å². The minimum absolute atomic E-state index is 0.122. The summed E-state index contributed by atoms with van der Waals surface area (Å²) in [5, 5.41) is 8.78. The fourth-order valence-electron chi connectivity index (χ4n) is 3.00. The third kappa shape index (κ3) is 3.01. The maximum atomic E-state index is 12.3. The lowest BCUT2D eigenvalue weighted by Gasteiger charge is -2.42. The average molecular weight is 279 g/mol. The summed E-state index contributed by atoms with van der Waals surface area (Å²) in [6.07, 6.45) is -2.48. The van der Waals surface area contributed by atoms with E-state index in [4.69, 9.17) is 5.11 Å². The zero-order valence-electron chi connectivity index (χ0n) is 10.3. The van der Waals surface area contributed by atoms with Gasteiger partial charge in [0, 0.05) is 13.1 Å². The predicted octanol–water partition coefficient (Wildman–Crippen LogP) is 1.90. The van der Waals surface area contributed by atoms with Crippen molar-refractivity contribution in [2.24, 2.45) is 17.8 Å². The average Bonchev–Trinajstić information content (AvgIpc) is 2.25. The van der Waals surface area contributed by atoms with Gasteiger partial charge in [-0.15, -0.1) is 0 Å². The molecule has 1 N–H and O–H groups in total. The van der Waals surface area contributed by atoms with E-state index in [-0.39, 0.29) is 24.9 Å². The van der Waals surface area contributed by atoms with E-state index in [0.717, 1.165) is 4.90 Å². The smallest absolute Gasteiger partial charge is 0.471 e. The topological polar surface area (TPSA) is 57.6 Å². The Bertz CT molecular complexity index is 369. The maximum Gasteiger partial charge on any atom is 0.471 e. The zero-order chi connectivity index (χ0) is 14.2. The minimum Gasteiger partial charge on any atom is -0.481 e. The molecule has 0 spiro atoms. The van der Waals surface area contributed by atoms with Crippen molar-refractivity contribution in [1.82, 2.24) is 4.90 Å². The second kappa shape index (κ2) is 5.02. The SMILES string of the molecule is O=C(O)C1CC(C2CCN(C(=O)C(F)(F)F)CC2)C1. The van der Waals surface area contributed by atoms with Gasteiger partial charge in [-0.2, -0.15) is 13.2 Å². The molecule has 2 aliphatic rings. The molecular formula is C12H16F3NO3. The van der Waals surface area contributed by atoms with Crippen LogP contribution in [0.15, 0.2) is 0 Å². The van der Waals surface area contributed by atoms with Crippen LogP contribution in [-0.2, 0) is 9.59 Å². The van der Waals surface area contributed by atoms with Crippen LogP contribution in [0.5, 0.6) is 0 Å².